The molecule has 92 valence electrons. The van der Waals surface area contributed by atoms with Crippen molar-refractivity contribution in [2.24, 2.45) is 0 Å². The van der Waals surface area contributed by atoms with Crippen molar-refractivity contribution in [1.29, 1.82) is 0 Å². The minimum atomic E-state index is -1.24. The summed E-state index contributed by atoms with van der Waals surface area (Å²) >= 11 is 0. The molecule has 0 aliphatic heterocycles. The number of rotatable bonds is 4. The molecule has 0 fully saturated rings. The smallest absolute Gasteiger partial charge is 0.450 e. The second kappa shape index (κ2) is 5.87. The SMILES string of the molecule is O=C(O)OCC(c1ccccc1)c1ccccc1. The number of benzene rings is 2. The molecule has 0 bridgehead atoms. The summed E-state index contributed by atoms with van der Waals surface area (Å²) in [6.07, 6.45) is -1.24. The van der Waals surface area contributed by atoms with E-state index in [2.05, 4.69) is 0 Å². The lowest BCUT2D eigenvalue weighted by Gasteiger charge is -2.17. The topological polar surface area (TPSA) is 46.5 Å². The summed E-state index contributed by atoms with van der Waals surface area (Å²) in [6, 6.07) is 19.5. The Morgan fingerprint density at radius 3 is 1.78 bits per heavy atom. The van der Waals surface area contributed by atoms with Gasteiger partial charge in [-0.1, -0.05) is 60.7 Å². The Bertz CT molecular complexity index is 454. The Kier molecular flexibility index (Phi) is 3.97. The maximum absolute atomic E-state index is 10.5. The van der Waals surface area contributed by atoms with Crippen LogP contribution in [0.3, 0.4) is 0 Å². The molecule has 0 amide bonds. The van der Waals surface area contributed by atoms with Crippen molar-refractivity contribution in [2.75, 3.05) is 6.61 Å². The van der Waals surface area contributed by atoms with Gasteiger partial charge in [0.2, 0.25) is 0 Å². The quantitative estimate of drug-likeness (QED) is 0.834. The van der Waals surface area contributed by atoms with Crippen LogP contribution < -0.4 is 0 Å². The zero-order valence-electron chi connectivity index (χ0n) is 9.82. The average Bonchev–Trinajstić information content (AvgIpc) is 2.41. The zero-order chi connectivity index (χ0) is 12.8. The summed E-state index contributed by atoms with van der Waals surface area (Å²) in [5, 5.41) is 8.63. The molecule has 0 spiro atoms. The van der Waals surface area contributed by atoms with Crippen LogP contribution in [-0.4, -0.2) is 17.9 Å². The highest BCUT2D eigenvalue weighted by atomic mass is 16.7. The fraction of sp³-hybridized carbons (Fsp3) is 0.133. The van der Waals surface area contributed by atoms with E-state index < -0.39 is 6.16 Å². The summed E-state index contributed by atoms with van der Waals surface area (Å²) in [5.74, 6) is -0.0662. The van der Waals surface area contributed by atoms with Crippen LogP contribution in [0.5, 0.6) is 0 Å². The molecule has 0 atom stereocenters. The molecule has 0 heterocycles. The number of hydrogen-bond acceptors (Lipinski definition) is 2. The van der Waals surface area contributed by atoms with Gasteiger partial charge in [-0.3, -0.25) is 0 Å². The van der Waals surface area contributed by atoms with Crippen LogP contribution in [0.2, 0.25) is 0 Å². The molecular formula is C15H14O3. The largest absolute Gasteiger partial charge is 0.505 e. The summed E-state index contributed by atoms with van der Waals surface area (Å²) in [6.45, 7) is 0.128. The molecule has 0 aromatic heterocycles. The predicted molar refractivity (Wildman–Crippen MR) is 68.7 cm³/mol. The zero-order valence-corrected chi connectivity index (χ0v) is 9.82. The van der Waals surface area contributed by atoms with Gasteiger partial charge in [0, 0.05) is 5.92 Å². The Morgan fingerprint density at radius 1 is 0.944 bits per heavy atom. The Labute approximate surface area is 106 Å². The average molecular weight is 242 g/mol. The lowest BCUT2D eigenvalue weighted by molar-refractivity contribution is 0.0889. The summed E-state index contributed by atoms with van der Waals surface area (Å²) in [7, 11) is 0. The first-order valence-electron chi connectivity index (χ1n) is 5.73. The maximum Gasteiger partial charge on any atom is 0.505 e. The standard InChI is InChI=1S/C15H14O3/c16-15(17)18-11-14(12-7-3-1-4-8-12)13-9-5-2-6-10-13/h1-10,14H,11H2,(H,16,17). The number of ether oxygens (including phenoxy) is 1. The molecule has 0 aliphatic carbocycles. The van der Waals surface area contributed by atoms with Gasteiger partial charge in [0.1, 0.15) is 6.61 Å². The molecule has 18 heavy (non-hydrogen) atoms. The molecule has 0 saturated heterocycles. The normalized spacial score (nSPS) is 10.3. The van der Waals surface area contributed by atoms with Gasteiger partial charge in [0.25, 0.3) is 0 Å². The van der Waals surface area contributed by atoms with Crippen LogP contribution >= 0.6 is 0 Å². The molecule has 0 saturated carbocycles. The van der Waals surface area contributed by atoms with E-state index in [-0.39, 0.29) is 12.5 Å². The molecule has 2 aromatic rings. The van der Waals surface area contributed by atoms with E-state index in [1.807, 2.05) is 60.7 Å². The molecule has 3 heteroatoms. The fourth-order valence-electron chi connectivity index (χ4n) is 1.91. The Balaban J connectivity index is 2.26. The third kappa shape index (κ3) is 3.10. The first-order chi connectivity index (χ1) is 8.77. The molecule has 3 nitrogen and oxygen atoms in total. The third-order valence-electron chi connectivity index (χ3n) is 2.78. The molecule has 1 N–H and O–H groups in total. The summed E-state index contributed by atoms with van der Waals surface area (Å²) in [4.78, 5) is 10.5. The van der Waals surface area contributed by atoms with E-state index >= 15 is 0 Å². The number of hydrogen-bond donors (Lipinski definition) is 1. The first-order valence-corrected chi connectivity index (χ1v) is 5.73. The Hall–Kier alpha value is -2.29. The minimum Gasteiger partial charge on any atom is -0.450 e. The maximum atomic E-state index is 10.5. The van der Waals surface area contributed by atoms with Crippen molar-refractivity contribution in [2.45, 2.75) is 5.92 Å². The monoisotopic (exact) mass is 242 g/mol. The molecule has 2 rings (SSSR count). The molecule has 0 aliphatic rings. The fourth-order valence-corrected chi connectivity index (χ4v) is 1.91. The highest BCUT2D eigenvalue weighted by Gasteiger charge is 2.15. The summed E-state index contributed by atoms with van der Waals surface area (Å²) in [5.41, 5.74) is 2.09. The Morgan fingerprint density at radius 2 is 1.39 bits per heavy atom. The second-order valence-corrected chi connectivity index (χ2v) is 3.95. The van der Waals surface area contributed by atoms with Crippen molar-refractivity contribution < 1.29 is 14.6 Å². The van der Waals surface area contributed by atoms with Crippen molar-refractivity contribution >= 4 is 6.16 Å². The van der Waals surface area contributed by atoms with Gasteiger partial charge in [-0.15, -0.1) is 0 Å². The van der Waals surface area contributed by atoms with Gasteiger partial charge in [-0.25, -0.2) is 4.79 Å². The van der Waals surface area contributed by atoms with E-state index in [0.717, 1.165) is 11.1 Å². The summed E-state index contributed by atoms with van der Waals surface area (Å²) < 4.78 is 4.73. The molecular weight excluding hydrogens is 228 g/mol. The van der Waals surface area contributed by atoms with Crippen LogP contribution in [-0.2, 0) is 4.74 Å². The predicted octanol–water partition coefficient (Wildman–Crippen LogP) is 3.51. The molecule has 0 unspecified atom stereocenters. The highest BCUT2D eigenvalue weighted by Crippen LogP contribution is 2.24. The first kappa shape index (κ1) is 12.2. The van der Waals surface area contributed by atoms with E-state index in [9.17, 15) is 4.79 Å². The highest BCUT2D eigenvalue weighted by molar-refractivity contribution is 5.57. The number of carboxylic acid groups (broad SMARTS) is 1. The van der Waals surface area contributed by atoms with E-state index in [0.29, 0.717) is 0 Å². The van der Waals surface area contributed by atoms with Crippen molar-refractivity contribution in [3.8, 4) is 0 Å². The van der Waals surface area contributed by atoms with Crippen LogP contribution in [0, 0.1) is 0 Å². The lowest BCUT2D eigenvalue weighted by atomic mass is 9.92. The van der Waals surface area contributed by atoms with Crippen molar-refractivity contribution in [1.82, 2.24) is 0 Å². The molecule has 2 aromatic carbocycles. The lowest BCUT2D eigenvalue weighted by Crippen LogP contribution is -2.12. The minimum absolute atomic E-state index is 0.0662. The van der Waals surface area contributed by atoms with Crippen molar-refractivity contribution in [3.63, 3.8) is 0 Å². The van der Waals surface area contributed by atoms with Gasteiger partial charge in [-0.2, -0.15) is 0 Å². The van der Waals surface area contributed by atoms with Gasteiger partial charge in [-0.05, 0) is 11.1 Å². The van der Waals surface area contributed by atoms with Crippen LogP contribution in [0.1, 0.15) is 17.0 Å². The van der Waals surface area contributed by atoms with Gasteiger partial charge < -0.3 is 9.84 Å². The van der Waals surface area contributed by atoms with E-state index in [1.165, 1.54) is 0 Å². The van der Waals surface area contributed by atoms with Crippen LogP contribution in [0.4, 0.5) is 4.79 Å². The van der Waals surface area contributed by atoms with E-state index in [4.69, 9.17) is 9.84 Å². The van der Waals surface area contributed by atoms with Gasteiger partial charge in [0.15, 0.2) is 0 Å². The second-order valence-electron chi connectivity index (χ2n) is 3.95. The van der Waals surface area contributed by atoms with Crippen molar-refractivity contribution in [3.05, 3.63) is 71.8 Å². The van der Waals surface area contributed by atoms with E-state index in [1.54, 1.807) is 0 Å². The molecule has 0 radical (unpaired) electrons. The van der Waals surface area contributed by atoms with Crippen LogP contribution in [0.15, 0.2) is 60.7 Å². The third-order valence-corrected chi connectivity index (χ3v) is 2.78. The van der Waals surface area contributed by atoms with Crippen LogP contribution in [0.25, 0.3) is 0 Å². The number of carbonyl (C=O) groups is 1. The van der Waals surface area contributed by atoms with Gasteiger partial charge in [0.05, 0.1) is 0 Å². The van der Waals surface area contributed by atoms with Gasteiger partial charge >= 0.3 is 6.16 Å².